The summed E-state index contributed by atoms with van der Waals surface area (Å²) in [5.41, 5.74) is 12.8. The van der Waals surface area contributed by atoms with Crippen LogP contribution in [0.1, 0.15) is 27.0 Å². The molecule has 6 N–H and O–H groups in total. The van der Waals surface area contributed by atoms with E-state index in [1.165, 1.54) is 18.2 Å². The predicted molar refractivity (Wildman–Crippen MR) is 123 cm³/mol. The van der Waals surface area contributed by atoms with Crippen LogP contribution < -0.4 is 11.5 Å². The monoisotopic (exact) mass is 536 g/mol. The summed E-state index contributed by atoms with van der Waals surface area (Å²) in [7, 11) is 0. The smallest absolute Gasteiger partial charge is 0.193 e. The topological polar surface area (TPSA) is 117 Å². The third-order valence-electron chi connectivity index (χ3n) is 3.34. The van der Waals surface area contributed by atoms with Gasteiger partial charge >= 0.3 is 0 Å². The van der Waals surface area contributed by atoms with E-state index in [4.69, 9.17) is 22.3 Å². The Morgan fingerprint density at radius 2 is 1.41 bits per heavy atom. The third-order valence-corrected chi connectivity index (χ3v) is 4.87. The van der Waals surface area contributed by atoms with Crippen molar-refractivity contribution >= 4 is 73.6 Å². The second-order valence-corrected chi connectivity index (χ2v) is 7.13. The van der Waals surface area contributed by atoms with Crippen molar-refractivity contribution in [3.8, 4) is 0 Å². The van der Waals surface area contributed by atoms with Crippen LogP contribution in [0.4, 0.5) is 4.39 Å². The molecular formula is C17H19Br2FN4OS2. The van der Waals surface area contributed by atoms with Crippen molar-refractivity contribution in [2.45, 2.75) is 11.5 Å². The van der Waals surface area contributed by atoms with Gasteiger partial charge in [0.1, 0.15) is 5.82 Å². The zero-order valence-electron chi connectivity index (χ0n) is 14.0. The molecule has 10 heteroatoms. The van der Waals surface area contributed by atoms with E-state index in [1.807, 2.05) is 6.07 Å². The number of hydrogen-bond acceptors (Lipinski definition) is 5. The summed E-state index contributed by atoms with van der Waals surface area (Å²) < 4.78 is 13.6. The van der Waals surface area contributed by atoms with E-state index in [0.29, 0.717) is 22.4 Å². The lowest BCUT2D eigenvalue weighted by Crippen LogP contribution is -2.11. The first kappa shape index (κ1) is 25.6. The molecule has 27 heavy (non-hydrogen) atoms. The maximum Gasteiger partial charge on any atom is 0.193 e. The summed E-state index contributed by atoms with van der Waals surface area (Å²) >= 11 is 2.16. The Morgan fingerprint density at radius 1 is 0.889 bits per heavy atom. The second-order valence-electron chi connectivity index (χ2n) is 5.09. The zero-order valence-corrected chi connectivity index (χ0v) is 19.1. The molecule has 0 fully saturated rings. The molecule has 5 nitrogen and oxygen atoms in total. The minimum absolute atomic E-state index is 0. The van der Waals surface area contributed by atoms with Gasteiger partial charge in [0.15, 0.2) is 16.1 Å². The molecule has 0 spiro atoms. The van der Waals surface area contributed by atoms with Crippen LogP contribution in [0.25, 0.3) is 0 Å². The molecule has 0 aliphatic carbocycles. The molecule has 0 atom stereocenters. The largest absolute Gasteiger partial charge is 0.379 e. The van der Waals surface area contributed by atoms with Crippen molar-refractivity contribution < 1.29 is 9.18 Å². The number of halogens is 3. The van der Waals surface area contributed by atoms with Crippen LogP contribution in [0, 0.1) is 16.6 Å². The van der Waals surface area contributed by atoms with E-state index in [9.17, 15) is 9.18 Å². The average molecular weight is 538 g/mol. The number of carbonyl (C=O) groups is 1. The number of ketones is 1. The molecule has 0 saturated heterocycles. The number of rotatable bonds is 6. The van der Waals surface area contributed by atoms with E-state index in [-0.39, 0.29) is 55.8 Å². The molecular weight excluding hydrogens is 519 g/mol. The van der Waals surface area contributed by atoms with Gasteiger partial charge in [-0.05, 0) is 29.3 Å². The predicted octanol–water partition coefficient (Wildman–Crippen LogP) is 4.47. The molecule has 0 aliphatic rings. The number of benzene rings is 2. The van der Waals surface area contributed by atoms with Gasteiger partial charge in [-0.2, -0.15) is 0 Å². The van der Waals surface area contributed by atoms with Crippen LogP contribution in [-0.4, -0.2) is 16.1 Å². The first-order valence-corrected chi connectivity index (χ1v) is 9.20. The highest BCUT2D eigenvalue weighted by Crippen LogP contribution is 2.24. The maximum absolute atomic E-state index is 13.6. The number of nitrogens with one attached hydrogen (secondary N) is 2. The van der Waals surface area contributed by atoms with Gasteiger partial charge < -0.3 is 11.5 Å². The quantitative estimate of drug-likeness (QED) is 0.246. The van der Waals surface area contributed by atoms with Crippen LogP contribution in [0.15, 0.2) is 42.5 Å². The standard InChI is InChI=1S/C17H17FN4OS2.2BrH/c18-12-5-6-14(11(7-12)9-25-17(21)22)15(23)13-4-2-1-3-10(13)8-24-16(19)20;;/h1-7H,8-9H2,(H3,19,20)(H3,21,22);2*1H. The van der Waals surface area contributed by atoms with E-state index in [1.54, 1.807) is 18.2 Å². The van der Waals surface area contributed by atoms with Crippen molar-refractivity contribution in [3.63, 3.8) is 0 Å². The van der Waals surface area contributed by atoms with Crippen molar-refractivity contribution in [2.75, 3.05) is 0 Å². The summed E-state index contributed by atoms with van der Waals surface area (Å²) in [6.07, 6.45) is 0. The van der Waals surface area contributed by atoms with E-state index in [2.05, 4.69) is 0 Å². The highest BCUT2D eigenvalue weighted by atomic mass is 79.9. The molecule has 0 aliphatic heterocycles. The zero-order chi connectivity index (χ0) is 18.4. The van der Waals surface area contributed by atoms with Gasteiger partial charge in [-0.15, -0.1) is 34.0 Å². The first-order chi connectivity index (χ1) is 11.9. The fourth-order valence-electron chi connectivity index (χ4n) is 2.23. The van der Waals surface area contributed by atoms with E-state index in [0.717, 1.165) is 29.1 Å². The molecule has 0 unspecified atom stereocenters. The molecule has 0 radical (unpaired) electrons. The van der Waals surface area contributed by atoms with Gasteiger partial charge in [0.2, 0.25) is 0 Å². The van der Waals surface area contributed by atoms with Gasteiger partial charge in [0, 0.05) is 22.6 Å². The van der Waals surface area contributed by atoms with Crippen molar-refractivity contribution in [1.29, 1.82) is 10.8 Å². The Kier molecular flexibility index (Phi) is 11.6. The lowest BCUT2D eigenvalue weighted by Gasteiger charge is -2.12. The summed E-state index contributed by atoms with van der Waals surface area (Å²) in [6, 6.07) is 11.0. The van der Waals surface area contributed by atoms with Gasteiger partial charge in [-0.25, -0.2) is 4.39 Å². The molecule has 0 aromatic heterocycles. The normalized spacial score (nSPS) is 9.67. The lowest BCUT2D eigenvalue weighted by atomic mass is 9.96. The van der Waals surface area contributed by atoms with Gasteiger partial charge in [-0.1, -0.05) is 47.8 Å². The Bertz CT molecular complexity index is 836. The summed E-state index contributed by atoms with van der Waals surface area (Å²) in [4.78, 5) is 13.0. The van der Waals surface area contributed by atoms with Crippen LogP contribution in [0.3, 0.4) is 0 Å². The SMILES string of the molecule is Br.Br.N=C(N)SCc1ccccc1C(=O)c1ccc(F)cc1CSC(=N)N. The second kappa shape index (κ2) is 12.2. The minimum atomic E-state index is -0.448. The summed E-state index contributed by atoms with van der Waals surface area (Å²) in [6.45, 7) is 0. The Hall–Kier alpha value is -1.36. The molecule has 0 bridgehead atoms. The van der Waals surface area contributed by atoms with Gasteiger partial charge in [0.05, 0.1) is 0 Å². The number of hydrogen-bond donors (Lipinski definition) is 4. The molecule has 2 aromatic carbocycles. The summed E-state index contributed by atoms with van der Waals surface area (Å²) in [5, 5.41) is 14.5. The fraction of sp³-hybridized carbons (Fsp3) is 0.118. The molecule has 0 amide bonds. The van der Waals surface area contributed by atoms with Crippen molar-refractivity contribution in [2.24, 2.45) is 11.5 Å². The number of amidine groups is 2. The van der Waals surface area contributed by atoms with Gasteiger partial charge in [-0.3, -0.25) is 15.6 Å². The van der Waals surface area contributed by atoms with E-state index < -0.39 is 5.82 Å². The first-order valence-electron chi connectivity index (χ1n) is 7.23. The van der Waals surface area contributed by atoms with Crippen LogP contribution in [0.2, 0.25) is 0 Å². The van der Waals surface area contributed by atoms with Crippen LogP contribution in [0.5, 0.6) is 0 Å². The Labute approximate surface area is 186 Å². The molecule has 0 saturated carbocycles. The minimum Gasteiger partial charge on any atom is -0.379 e. The Balaban J connectivity index is 0.00000338. The Morgan fingerprint density at radius 3 is 2.00 bits per heavy atom. The average Bonchev–Trinajstić information content (AvgIpc) is 2.58. The highest BCUT2D eigenvalue weighted by molar-refractivity contribution is 8.93. The lowest BCUT2D eigenvalue weighted by molar-refractivity contribution is 0.103. The highest BCUT2D eigenvalue weighted by Gasteiger charge is 2.18. The molecule has 2 rings (SSSR count). The molecule has 2 aromatic rings. The summed E-state index contributed by atoms with van der Waals surface area (Å²) in [5.74, 6) is -0.0517. The fourth-order valence-corrected chi connectivity index (χ4v) is 3.34. The van der Waals surface area contributed by atoms with Crippen LogP contribution >= 0.6 is 57.5 Å². The molecule has 146 valence electrons. The third kappa shape index (κ3) is 7.65. The van der Waals surface area contributed by atoms with Crippen LogP contribution in [-0.2, 0) is 11.5 Å². The number of nitrogens with two attached hydrogens (primary N) is 2. The van der Waals surface area contributed by atoms with Gasteiger partial charge in [0.25, 0.3) is 0 Å². The number of carbonyl (C=O) groups excluding carboxylic acids is 1. The van der Waals surface area contributed by atoms with E-state index >= 15 is 0 Å². The number of thioether (sulfide) groups is 2. The maximum atomic E-state index is 13.6. The molecule has 0 heterocycles. The van der Waals surface area contributed by atoms with Crippen molar-refractivity contribution in [3.05, 3.63) is 70.5 Å². The van der Waals surface area contributed by atoms with Crippen molar-refractivity contribution in [1.82, 2.24) is 0 Å².